The fourth-order valence-corrected chi connectivity index (χ4v) is 6.19. The molecule has 220 valence electrons. The maximum absolute atomic E-state index is 14.0. The Balaban J connectivity index is 1.27. The van der Waals surface area contributed by atoms with Crippen molar-refractivity contribution in [3.05, 3.63) is 94.5 Å². The van der Waals surface area contributed by atoms with Crippen LogP contribution in [0.25, 0.3) is 0 Å². The molecule has 0 bridgehead atoms. The molecule has 1 N–H and O–H groups in total. The summed E-state index contributed by atoms with van der Waals surface area (Å²) in [5.41, 5.74) is 4.89. The van der Waals surface area contributed by atoms with Crippen molar-refractivity contribution in [2.45, 2.75) is 50.7 Å². The summed E-state index contributed by atoms with van der Waals surface area (Å²) in [6.45, 7) is 2.99. The number of carbonyl (C=O) groups is 2. The Morgan fingerprint density at radius 3 is 2.50 bits per heavy atom. The Morgan fingerprint density at radius 2 is 1.71 bits per heavy atom. The van der Waals surface area contributed by atoms with Crippen molar-refractivity contribution >= 4 is 17.5 Å². The van der Waals surface area contributed by atoms with E-state index in [9.17, 15) is 22.8 Å². The molecule has 6 rings (SSSR count). The topological polar surface area (TPSA) is 71.1 Å². The zero-order valence-electron chi connectivity index (χ0n) is 23.0. The number of hydrogen-bond donors (Lipinski definition) is 1. The molecule has 1 aliphatic carbocycles. The number of nitrogens with one attached hydrogen (secondary N) is 1. The van der Waals surface area contributed by atoms with Crippen LogP contribution in [0.3, 0.4) is 0 Å². The molecule has 2 unspecified atom stereocenters. The standard InChI is InChI=1S/C32H32F3N3O4/c33-32(34,35)42-26-12-11-21-7-4-10-28(27(21)19-26)36-30(39)29-18-22-5-1-2-6-24(22)20-38(29)31(40)23-8-3-9-25(17-23)37-13-15-41-16-14-37/h1-3,5-6,8-9,11-12,17,19,28-29H,4,7,10,13-16,18,20H2,(H,36,39). The predicted octanol–water partition coefficient (Wildman–Crippen LogP) is 5.18. The largest absolute Gasteiger partial charge is 0.573 e. The average Bonchev–Trinajstić information content (AvgIpc) is 3.00. The van der Waals surface area contributed by atoms with Gasteiger partial charge in [-0.1, -0.05) is 36.4 Å². The van der Waals surface area contributed by atoms with Gasteiger partial charge in [0.25, 0.3) is 5.91 Å². The van der Waals surface area contributed by atoms with E-state index in [-0.39, 0.29) is 24.1 Å². The van der Waals surface area contributed by atoms with Gasteiger partial charge in [0.1, 0.15) is 11.8 Å². The lowest BCUT2D eigenvalue weighted by Crippen LogP contribution is -2.53. The summed E-state index contributed by atoms with van der Waals surface area (Å²) in [7, 11) is 0. The molecule has 3 aliphatic rings. The molecule has 10 heteroatoms. The van der Waals surface area contributed by atoms with E-state index in [0.29, 0.717) is 43.6 Å². The van der Waals surface area contributed by atoms with Crippen LogP contribution in [0.2, 0.25) is 0 Å². The lowest BCUT2D eigenvalue weighted by atomic mass is 9.86. The number of amides is 2. The molecule has 0 aromatic heterocycles. The van der Waals surface area contributed by atoms with E-state index in [1.54, 1.807) is 17.0 Å². The number of carbonyl (C=O) groups excluding carboxylic acids is 2. The van der Waals surface area contributed by atoms with E-state index in [4.69, 9.17) is 4.74 Å². The molecule has 0 saturated carbocycles. The molecule has 2 atom stereocenters. The maximum Gasteiger partial charge on any atom is 0.573 e. The summed E-state index contributed by atoms with van der Waals surface area (Å²) < 4.78 is 48.3. The summed E-state index contributed by atoms with van der Waals surface area (Å²) in [4.78, 5) is 31.7. The van der Waals surface area contributed by atoms with E-state index >= 15 is 0 Å². The van der Waals surface area contributed by atoms with Crippen molar-refractivity contribution in [1.82, 2.24) is 10.2 Å². The first-order valence-electron chi connectivity index (χ1n) is 14.2. The molecule has 2 heterocycles. The number of anilines is 1. The first-order valence-corrected chi connectivity index (χ1v) is 14.2. The number of aryl methyl sites for hydroxylation is 1. The lowest BCUT2D eigenvalue weighted by Gasteiger charge is -2.37. The number of hydrogen-bond acceptors (Lipinski definition) is 5. The molecule has 1 saturated heterocycles. The number of ether oxygens (including phenoxy) is 2. The summed E-state index contributed by atoms with van der Waals surface area (Å²) in [6, 6.07) is 18.2. The monoisotopic (exact) mass is 579 g/mol. The molecular weight excluding hydrogens is 547 g/mol. The zero-order chi connectivity index (χ0) is 29.3. The van der Waals surface area contributed by atoms with E-state index in [1.807, 2.05) is 42.5 Å². The highest BCUT2D eigenvalue weighted by molar-refractivity contribution is 5.98. The van der Waals surface area contributed by atoms with Gasteiger partial charge >= 0.3 is 6.36 Å². The van der Waals surface area contributed by atoms with Crippen molar-refractivity contribution in [1.29, 1.82) is 0 Å². The SMILES string of the molecule is O=C(NC1CCCc2ccc(OC(F)(F)F)cc21)C1Cc2ccccc2CN1C(=O)c1cccc(N2CCOCC2)c1. The number of halogens is 3. The van der Waals surface area contributed by atoms with Gasteiger partial charge in [0.05, 0.1) is 19.3 Å². The van der Waals surface area contributed by atoms with E-state index in [2.05, 4.69) is 15.0 Å². The third-order valence-corrected chi connectivity index (χ3v) is 8.26. The van der Waals surface area contributed by atoms with Gasteiger partial charge in [0.2, 0.25) is 5.91 Å². The molecule has 42 heavy (non-hydrogen) atoms. The molecular formula is C32H32F3N3O4. The van der Waals surface area contributed by atoms with Crippen LogP contribution in [0.15, 0.2) is 66.7 Å². The summed E-state index contributed by atoms with van der Waals surface area (Å²) >= 11 is 0. The quantitative estimate of drug-likeness (QED) is 0.451. The van der Waals surface area contributed by atoms with Crippen LogP contribution in [0.4, 0.5) is 18.9 Å². The Kier molecular flexibility index (Phi) is 7.81. The number of benzene rings is 3. The van der Waals surface area contributed by atoms with Gasteiger partial charge in [-0.05, 0) is 71.8 Å². The minimum atomic E-state index is -4.81. The Morgan fingerprint density at radius 1 is 0.929 bits per heavy atom. The fourth-order valence-electron chi connectivity index (χ4n) is 6.19. The minimum absolute atomic E-state index is 0.246. The lowest BCUT2D eigenvalue weighted by molar-refractivity contribution is -0.274. The minimum Gasteiger partial charge on any atom is -0.406 e. The van der Waals surface area contributed by atoms with E-state index < -0.39 is 18.4 Å². The van der Waals surface area contributed by atoms with Gasteiger partial charge in [-0.15, -0.1) is 13.2 Å². The molecule has 7 nitrogen and oxygen atoms in total. The van der Waals surface area contributed by atoms with E-state index in [1.165, 1.54) is 12.1 Å². The first kappa shape index (κ1) is 28.1. The van der Waals surface area contributed by atoms with Crippen LogP contribution in [-0.4, -0.2) is 55.4 Å². The number of morpholine rings is 1. The Labute approximate surface area is 242 Å². The summed E-state index contributed by atoms with van der Waals surface area (Å²) in [5, 5.41) is 3.07. The fraction of sp³-hybridized carbons (Fsp3) is 0.375. The van der Waals surface area contributed by atoms with Crippen molar-refractivity contribution < 1.29 is 32.2 Å². The third-order valence-electron chi connectivity index (χ3n) is 8.26. The zero-order valence-corrected chi connectivity index (χ0v) is 23.0. The second-order valence-corrected chi connectivity index (χ2v) is 10.9. The van der Waals surface area contributed by atoms with Crippen molar-refractivity contribution in [2.75, 3.05) is 31.2 Å². The highest BCUT2D eigenvalue weighted by Crippen LogP contribution is 2.35. The van der Waals surface area contributed by atoms with Crippen molar-refractivity contribution in [3.8, 4) is 5.75 Å². The molecule has 0 spiro atoms. The van der Waals surface area contributed by atoms with Gasteiger partial charge in [-0.3, -0.25) is 9.59 Å². The van der Waals surface area contributed by atoms with Crippen LogP contribution in [0.5, 0.6) is 5.75 Å². The third kappa shape index (κ3) is 6.09. The van der Waals surface area contributed by atoms with E-state index in [0.717, 1.165) is 41.9 Å². The predicted molar refractivity (Wildman–Crippen MR) is 150 cm³/mol. The smallest absolute Gasteiger partial charge is 0.406 e. The molecule has 3 aromatic carbocycles. The van der Waals surface area contributed by atoms with Gasteiger partial charge in [-0.25, -0.2) is 0 Å². The Bertz CT molecular complexity index is 1470. The van der Waals surface area contributed by atoms with Crippen LogP contribution in [-0.2, 0) is 28.9 Å². The molecule has 1 fully saturated rings. The summed E-state index contributed by atoms with van der Waals surface area (Å²) in [5.74, 6) is -0.891. The van der Waals surface area contributed by atoms with Crippen molar-refractivity contribution in [3.63, 3.8) is 0 Å². The highest BCUT2D eigenvalue weighted by Gasteiger charge is 2.37. The second-order valence-electron chi connectivity index (χ2n) is 10.9. The number of fused-ring (bicyclic) bond motifs is 2. The molecule has 2 aliphatic heterocycles. The number of nitrogens with zero attached hydrogens (tertiary/aromatic N) is 2. The van der Waals surface area contributed by atoms with Gasteiger partial charge in [0.15, 0.2) is 0 Å². The number of alkyl halides is 3. The normalized spacial score (nSPS) is 20.4. The molecule has 2 amide bonds. The molecule has 3 aromatic rings. The highest BCUT2D eigenvalue weighted by atomic mass is 19.4. The van der Waals surface area contributed by atoms with Gasteiger partial charge in [0, 0.05) is 37.3 Å². The van der Waals surface area contributed by atoms with Crippen LogP contribution >= 0.6 is 0 Å². The first-order chi connectivity index (χ1) is 20.2. The maximum atomic E-state index is 14.0. The van der Waals surface area contributed by atoms with Crippen LogP contribution in [0, 0.1) is 0 Å². The average molecular weight is 580 g/mol. The van der Waals surface area contributed by atoms with Crippen LogP contribution in [0.1, 0.15) is 51.5 Å². The number of rotatable bonds is 5. The molecule has 0 radical (unpaired) electrons. The Hall–Kier alpha value is -4.05. The van der Waals surface area contributed by atoms with Gasteiger partial charge < -0.3 is 24.6 Å². The summed E-state index contributed by atoms with van der Waals surface area (Å²) in [6.07, 6.45) is -2.41. The van der Waals surface area contributed by atoms with Gasteiger partial charge in [-0.2, -0.15) is 0 Å². The second kappa shape index (κ2) is 11.7. The van der Waals surface area contributed by atoms with Crippen molar-refractivity contribution in [2.24, 2.45) is 0 Å². The van der Waals surface area contributed by atoms with Crippen LogP contribution < -0.4 is 15.0 Å².